The number of carboxylic acid groups (broad SMARTS) is 1. The maximum Gasteiger partial charge on any atom is 0.453 e. The number of aliphatic carboxylic acids is 1. The van der Waals surface area contributed by atoms with Crippen molar-refractivity contribution >= 4 is 23.5 Å². The van der Waals surface area contributed by atoms with E-state index in [4.69, 9.17) is 16.3 Å². The zero-order valence-electron chi connectivity index (χ0n) is 14.7. The predicted molar refractivity (Wildman–Crippen MR) is 85.3 cm³/mol. The van der Waals surface area contributed by atoms with Crippen LogP contribution in [-0.2, 0) is 14.3 Å². The second-order valence-electron chi connectivity index (χ2n) is 6.21. The van der Waals surface area contributed by atoms with Crippen molar-refractivity contribution < 1.29 is 41.4 Å². The van der Waals surface area contributed by atoms with E-state index in [1.165, 1.54) is 6.92 Å². The smallest absolute Gasteiger partial charge is 0.453 e. The maximum atomic E-state index is 13.1. The molecule has 0 spiro atoms. The Balaban J connectivity index is 5.34. The van der Waals surface area contributed by atoms with Crippen LogP contribution in [-0.4, -0.2) is 41.1 Å². The third-order valence-electron chi connectivity index (χ3n) is 4.18. The third kappa shape index (κ3) is 6.89. The fourth-order valence-electron chi connectivity index (χ4n) is 2.28. The lowest BCUT2D eigenvalue weighted by Crippen LogP contribution is -2.43. The highest BCUT2D eigenvalue weighted by Gasteiger charge is 2.57. The Morgan fingerprint density at radius 3 is 2.00 bits per heavy atom. The molecule has 0 aliphatic heterocycles. The van der Waals surface area contributed by atoms with Gasteiger partial charge in [0.2, 0.25) is 0 Å². The van der Waals surface area contributed by atoms with Gasteiger partial charge in [-0.3, -0.25) is 9.59 Å². The van der Waals surface area contributed by atoms with Crippen LogP contribution in [0.25, 0.3) is 0 Å². The van der Waals surface area contributed by atoms with Gasteiger partial charge in [-0.1, -0.05) is 13.3 Å². The normalized spacial score (nSPS) is 16.0. The predicted octanol–water partition coefficient (Wildman–Crippen LogP) is 5.18. The van der Waals surface area contributed by atoms with E-state index in [1.54, 1.807) is 6.92 Å². The number of carbonyl (C=O) groups is 2. The molecule has 0 radical (unpaired) electrons. The fourth-order valence-corrected chi connectivity index (χ4v) is 2.47. The molecule has 0 aliphatic rings. The molecule has 0 rings (SSSR count). The van der Waals surface area contributed by atoms with E-state index in [1.807, 2.05) is 0 Å². The van der Waals surface area contributed by atoms with Gasteiger partial charge in [0.25, 0.3) is 0 Å². The molecule has 2 atom stereocenters. The Morgan fingerprint density at radius 2 is 1.58 bits per heavy atom. The van der Waals surface area contributed by atoms with Crippen molar-refractivity contribution in [3.05, 3.63) is 0 Å². The van der Waals surface area contributed by atoms with Gasteiger partial charge in [0, 0.05) is 12.3 Å². The van der Waals surface area contributed by atoms with Crippen molar-refractivity contribution in [1.82, 2.24) is 0 Å². The van der Waals surface area contributed by atoms with Crippen molar-refractivity contribution in [2.45, 2.75) is 77.0 Å². The summed E-state index contributed by atoms with van der Waals surface area (Å²) < 4.78 is 68.0. The van der Waals surface area contributed by atoms with Crippen molar-refractivity contribution in [3.8, 4) is 0 Å². The Hall–Kier alpha value is -1.12. The molecule has 0 amide bonds. The van der Waals surface area contributed by atoms with Gasteiger partial charge < -0.3 is 9.84 Å². The molecule has 0 bridgehead atoms. The summed E-state index contributed by atoms with van der Waals surface area (Å²) in [7, 11) is 0. The molecule has 0 aromatic carbocycles. The summed E-state index contributed by atoms with van der Waals surface area (Å²) >= 11 is 5.52. The number of carbonyl (C=O) groups excluding carboxylic acids is 1. The van der Waals surface area contributed by atoms with E-state index in [-0.39, 0.29) is 18.7 Å². The Morgan fingerprint density at radius 1 is 1.04 bits per heavy atom. The zero-order valence-corrected chi connectivity index (χ0v) is 15.4. The van der Waals surface area contributed by atoms with Crippen LogP contribution in [0.1, 0.15) is 58.8 Å². The van der Waals surface area contributed by atoms with Gasteiger partial charge in [-0.25, -0.2) is 0 Å². The number of hydrogen-bond donors (Lipinski definition) is 1. The molecule has 154 valence electrons. The number of alkyl halides is 6. The summed E-state index contributed by atoms with van der Waals surface area (Å²) in [6, 6.07) is 0. The molecular weight excluding hydrogens is 387 g/mol. The van der Waals surface area contributed by atoms with Crippen LogP contribution in [0.5, 0.6) is 0 Å². The largest absolute Gasteiger partial charge is 0.480 e. The molecule has 0 fully saturated rings. The first-order chi connectivity index (χ1) is 11.8. The SMILES string of the molecule is CCC(C)OC(=O)C(CCCCCl)(CCCC(F)(F)C(F)(F)F)C(=O)O. The third-order valence-corrected chi connectivity index (χ3v) is 4.45. The van der Waals surface area contributed by atoms with E-state index in [0.29, 0.717) is 12.8 Å². The Kier molecular flexibility index (Phi) is 9.83. The van der Waals surface area contributed by atoms with Gasteiger partial charge >= 0.3 is 24.0 Å². The average Bonchev–Trinajstić information content (AvgIpc) is 2.51. The van der Waals surface area contributed by atoms with Crippen LogP contribution >= 0.6 is 11.6 Å². The van der Waals surface area contributed by atoms with Crippen molar-refractivity contribution in [2.75, 3.05) is 5.88 Å². The summed E-state index contributed by atoms with van der Waals surface area (Å²) in [6.07, 6.45) is -8.69. The Bertz CT molecular complexity index is 470. The second-order valence-corrected chi connectivity index (χ2v) is 6.59. The summed E-state index contributed by atoms with van der Waals surface area (Å²) in [4.78, 5) is 24.1. The van der Waals surface area contributed by atoms with Crippen LogP contribution in [0, 0.1) is 5.41 Å². The molecule has 0 saturated carbocycles. The number of carboxylic acids is 1. The number of halogens is 6. The van der Waals surface area contributed by atoms with E-state index in [9.17, 15) is 36.6 Å². The first-order valence-corrected chi connectivity index (χ1v) is 8.82. The van der Waals surface area contributed by atoms with Gasteiger partial charge in [-0.05, 0) is 39.0 Å². The van der Waals surface area contributed by atoms with E-state index in [0.717, 1.165) is 0 Å². The number of unbranched alkanes of at least 4 members (excludes halogenated alkanes) is 1. The van der Waals surface area contributed by atoms with Gasteiger partial charge in [-0.2, -0.15) is 22.0 Å². The molecule has 0 saturated heterocycles. The zero-order chi connectivity index (χ0) is 20.6. The lowest BCUT2D eigenvalue weighted by molar-refractivity contribution is -0.284. The molecular formula is C16H24ClF5O4. The Labute approximate surface area is 154 Å². The molecule has 10 heteroatoms. The molecule has 0 aromatic rings. The fraction of sp³-hybridized carbons (Fsp3) is 0.875. The minimum absolute atomic E-state index is 0.196. The van der Waals surface area contributed by atoms with Crippen molar-refractivity contribution in [2.24, 2.45) is 5.41 Å². The molecule has 0 aliphatic carbocycles. The van der Waals surface area contributed by atoms with E-state index in [2.05, 4.69) is 0 Å². The van der Waals surface area contributed by atoms with Gasteiger partial charge in [-0.15, -0.1) is 11.6 Å². The molecule has 4 nitrogen and oxygen atoms in total. The van der Waals surface area contributed by atoms with Crippen molar-refractivity contribution in [1.29, 1.82) is 0 Å². The van der Waals surface area contributed by atoms with E-state index >= 15 is 0 Å². The minimum Gasteiger partial charge on any atom is -0.480 e. The van der Waals surface area contributed by atoms with Crippen LogP contribution in [0.2, 0.25) is 0 Å². The molecule has 2 unspecified atom stereocenters. The standard InChI is InChI=1S/C16H24ClF5O4/c1-3-11(2)26-13(25)14(12(23)24,7-4-5-10-17)8-6-9-15(18,19)16(20,21)22/h11H,3-10H2,1-2H3,(H,23,24). The maximum absolute atomic E-state index is 13.1. The number of ether oxygens (including phenoxy) is 1. The lowest BCUT2D eigenvalue weighted by atomic mass is 9.77. The van der Waals surface area contributed by atoms with Gasteiger partial charge in [0.15, 0.2) is 5.41 Å². The summed E-state index contributed by atoms with van der Waals surface area (Å²) in [5.41, 5.74) is -2.17. The molecule has 26 heavy (non-hydrogen) atoms. The lowest BCUT2D eigenvalue weighted by Gasteiger charge is -2.29. The van der Waals surface area contributed by atoms with Crippen LogP contribution in [0.3, 0.4) is 0 Å². The average molecular weight is 411 g/mol. The first-order valence-electron chi connectivity index (χ1n) is 8.29. The topological polar surface area (TPSA) is 63.6 Å². The van der Waals surface area contributed by atoms with Crippen LogP contribution in [0.15, 0.2) is 0 Å². The van der Waals surface area contributed by atoms with Gasteiger partial charge in [0.05, 0.1) is 6.10 Å². The molecule has 0 aromatic heterocycles. The number of rotatable bonds is 12. The van der Waals surface area contributed by atoms with Crippen LogP contribution < -0.4 is 0 Å². The number of esters is 1. The van der Waals surface area contributed by atoms with Crippen molar-refractivity contribution in [3.63, 3.8) is 0 Å². The highest BCUT2D eigenvalue weighted by atomic mass is 35.5. The highest BCUT2D eigenvalue weighted by Crippen LogP contribution is 2.41. The first kappa shape index (κ1) is 24.9. The molecule has 0 heterocycles. The summed E-state index contributed by atoms with van der Waals surface area (Å²) in [5.74, 6) is -7.48. The van der Waals surface area contributed by atoms with Gasteiger partial charge in [0.1, 0.15) is 0 Å². The second kappa shape index (κ2) is 10.3. The monoisotopic (exact) mass is 410 g/mol. The van der Waals surface area contributed by atoms with Crippen LogP contribution in [0.4, 0.5) is 22.0 Å². The summed E-state index contributed by atoms with van der Waals surface area (Å²) in [6.45, 7) is 3.22. The quantitative estimate of drug-likeness (QED) is 0.158. The van der Waals surface area contributed by atoms with E-state index < -0.39 is 54.8 Å². The minimum atomic E-state index is -5.73. The molecule has 1 N–H and O–H groups in total. The summed E-state index contributed by atoms with van der Waals surface area (Å²) in [5, 5.41) is 9.52. The highest BCUT2D eigenvalue weighted by molar-refractivity contribution is 6.17. The number of hydrogen-bond acceptors (Lipinski definition) is 3.